The summed E-state index contributed by atoms with van der Waals surface area (Å²) in [6.07, 6.45) is 3.22. The normalized spacial score (nSPS) is 17.4. The van der Waals surface area contributed by atoms with Crippen LogP contribution in [0.2, 0.25) is 5.02 Å². The zero-order valence-electron chi connectivity index (χ0n) is 10.3. The van der Waals surface area contributed by atoms with Crippen LogP contribution in [0.5, 0.6) is 0 Å². The van der Waals surface area contributed by atoms with Crippen molar-refractivity contribution in [1.29, 1.82) is 0 Å². The van der Waals surface area contributed by atoms with E-state index >= 15 is 0 Å². The van der Waals surface area contributed by atoms with Gasteiger partial charge in [-0.1, -0.05) is 36.7 Å². The van der Waals surface area contributed by atoms with Crippen molar-refractivity contribution in [2.24, 2.45) is 5.41 Å². The molecule has 0 spiro atoms. The Kier molecular flexibility index (Phi) is 4.04. The smallest absolute Gasteiger partial charge is 0.244 e. The van der Waals surface area contributed by atoms with Crippen LogP contribution in [0.15, 0.2) is 30.3 Å². The first-order chi connectivity index (χ1) is 8.59. The fraction of sp³-hybridized carbons (Fsp3) is 0.357. The zero-order chi connectivity index (χ0) is 13.0. The summed E-state index contributed by atoms with van der Waals surface area (Å²) in [5.41, 5.74) is 0.931. The highest BCUT2D eigenvalue weighted by Crippen LogP contribution is 2.25. The fourth-order valence-electron chi connectivity index (χ4n) is 1.69. The van der Waals surface area contributed by atoms with Gasteiger partial charge >= 0.3 is 0 Å². The molecule has 1 saturated heterocycles. The van der Waals surface area contributed by atoms with Gasteiger partial charge in [-0.3, -0.25) is 4.79 Å². The number of hydrogen-bond acceptors (Lipinski definition) is 2. The van der Waals surface area contributed by atoms with Crippen molar-refractivity contribution in [3.8, 4) is 0 Å². The molecule has 0 bridgehead atoms. The molecule has 1 fully saturated rings. The molecule has 1 aromatic rings. The summed E-state index contributed by atoms with van der Waals surface area (Å²) in [7, 11) is 0. The predicted molar refractivity (Wildman–Crippen MR) is 72.4 cm³/mol. The Morgan fingerprint density at radius 1 is 1.50 bits per heavy atom. The SMILES string of the molecule is CC1(CNC(=O)C=Cc2ccccc2Cl)COC1. The van der Waals surface area contributed by atoms with Gasteiger partial charge in [0.25, 0.3) is 0 Å². The molecule has 0 aromatic heterocycles. The Balaban J connectivity index is 1.85. The van der Waals surface area contributed by atoms with Gasteiger partial charge in [-0.05, 0) is 17.7 Å². The van der Waals surface area contributed by atoms with E-state index < -0.39 is 0 Å². The van der Waals surface area contributed by atoms with E-state index in [-0.39, 0.29) is 11.3 Å². The Hall–Kier alpha value is -1.32. The van der Waals surface area contributed by atoms with E-state index in [1.807, 2.05) is 18.2 Å². The van der Waals surface area contributed by atoms with Gasteiger partial charge in [0.05, 0.1) is 13.2 Å². The first kappa shape index (κ1) is 13.1. The van der Waals surface area contributed by atoms with Crippen LogP contribution in [-0.4, -0.2) is 25.7 Å². The summed E-state index contributed by atoms with van der Waals surface area (Å²) in [4.78, 5) is 11.6. The Morgan fingerprint density at radius 3 is 2.83 bits per heavy atom. The molecule has 96 valence electrons. The quantitative estimate of drug-likeness (QED) is 0.850. The molecule has 1 aromatic carbocycles. The van der Waals surface area contributed by atoms with Crippen LogP contribution < -0.4 is 5.32 Å². The highest BCUT2D eigenvalue weighted by atomic mass is 35.5. The minimum Gasteiger partial charge on any atom is -0.380 e. The van der Waals surface area contributed by atoms with Crippen molar-refractivity contribution < 1.29 is 9.53 Å². The van der Waals surface area contributed by atoms with Crippen LogP contribution in [0, 0.1) is 5.41 Å². The van der Waals surface area contributed by atoms with Gasteiger partial charge in [0.2, 0.25) is 5.91 Å². The summed E-state index contributed by atoms with van der Waals surface area (Å²) in [6.45, 7) is 4.15. The molecule has 3 nitrogen and oxygen atoms in total. The van der Waals surface area contributed by atoms with Crippen LogP contribution >= 0.6 is 11.6 Å². The monoisotopic (exact) mass is 265 g/mol. The molecule has 1 aliphatic rings. The van der Waals surface area contributed by atoms with Crippen molar-refractivity contribution in [3.63, 3.8) is 0 Å². The number of ether oxygens (including phenoxy) is 1. The number of nitrogens with one attached hydrogen (secondary N) is 1. The minimum atomic E-state index is -0.108. The van der Waals surface area contributed by atoms with Crippen molar-refractivity contribution in [3.05, 3.63) is 40.9 Å². The lowest BCUT2D eigenvalue weighted by molar-refractivity contribution is -0.122. The average Bonchev–Trinajstić information content (AvgIpc) is 2.33. The molecular weight excluding hydrogens is 250 g/mol. The summed E-state index contributed by atoms with van der Waals surface area (Å²) < 4.78 is 5.13. The number of carbonyl (C=O) groups is 1. The van der Waals surface area contributed by atoms with E-state index in [0.717, 1.165) is 5.56 Å². The van der Waals surface area contributed by atoms with E-state index in [4.69, 9.17) is 16.3 Å². The topological polar surface area (TPSA) is 38.3 Å². The minimum absolute atomic E-state index is 0.0912. The summed E-state index contributed by atoms with van der Waals surface area (Å²) in [6, 6.07) is 7.41. The zero-order valence-corrected chi connectivity index (χ0v) is 11.0. The van der Waals surface area contributed by atoms with Crippen LogP contribution in [0.3, 0.4) is 0 Å². The maximum Gasteiger partial charge on any atom is 0.244 e. The van der Waals surface area contributed by atoms with Crippen molar-refractivity contribution in [2.45, 2.75) is 6.92 Å². The molecule has 1 heterocycles. The highest BCUT2D eigenvalue weighted by Gasteiger charge is 2.33. The van der Waals surface area contributed by atoms with Crippen LogP contribution in [0.4, 0.5) is 0 Å². The lowest BCUT2D eigenvalue weighted by Crippen LogP contribution is -2.48. The van der Waals surface area contributed by atoms with E-state index in [9.17, 15) is 4.79 Å². The predicted octanol–water partition coefficient (Wildman–Crippen LogP) is 2.51. The second-order valence-electron chi connectivity index (χ2n) is 4.88. The van der Waals surface area contributed by atoms with E-state index in [1.54, 1.807) is 12.1 Å². The maximum atomic E-state index is 11.6. The molecule has 1 N–H and O–H groups in total. The molecule has 1 aliphatic heterocycles. The number of benzene rings is 1. The third-order valence-corrected chi connectivity index (χ3v) is 3.25. The third kappa shape index (κ3) is 3.34. The fourth-order valence-corrected chi connectivity index (χ4v) is 1.89. The van der Waals surface area contributed by atoms with Crippen LogP contribution in [0.1, 0.15) is 12.5 Å². The largest absolute Gasteiger partial charge is 0.380 e. The van der Waals surface area contributed by atoms with Gasteiger partial charge in [-0.15, -0.1) is 0 Å². The third-order valence-electron chi connectivity index (χ3n) is 2.91. The number of carbonyl (C=O) groups excluding carboxylic acids is 1. The molecular formula is C14H16ClNO2. The van der Waals surface area contributed by atoms with E-state index in [1.165, 1.54) is 6.08 Å². The average molecular weight is 266 g/mol. The van der Waals surface area contributed by atoms with Gasteiger partial charge in [-0.25, -0.2) is 0 Å². The number of halogens is 1. The van der Waals surface area contributed by atoms with Gasteiger partial charge in [0.1, 0.15) is 0 Å². The summed E-state index contributed by atoms with van der Waals surface area (Å²) in [5.74, 6) is -0.108. The van der Waals surface area contributed by atoms with Gasteiger partial charge < -0.3 is 10.1 Å². The standard InChI is InChI=1S/C14H16ClNO2/c1-14(9-18-10-14)8-16-13(17)7-6-11-4-2-3-5-12(11)15/h2-7H,8-10H2,1H3,(H,16,17). The molecule has 18 heavy (non-hydrogen) atoms. The first-order valence-corrected chi connectivity index (χ1v) is 6.25. The molecule has 4 heteroatoms. The second-order valence-corrected chi connectivity index (χ2v) is 5.28. The van der Waals surface area contributed by atoms with Crippen LogP contribution in [0.25, 0.3) is 6.08 Å². The maximum absolute atomic E-state index is 11.6. The Labute approximate surface area is 112 Å². The van der Waals surface area contributed by atoms with Gasteiger partial charge in [0, 0.05) is 23.1 Å². The van der Waals surface area contributed by atoms with Gasteiger partial charge in [0.15, 0.2) is 0 Å². The Morgan fingerprint density at radius 2 is 2.22 bits per heavy atom. The van der Waals surface area contributed by atoms with Crippen molar-refractivity contribution >= 4 is 23.6 Å². The van der Waals surface area contributed by atoms with Crippen LogP contribution in [-0.2, 0) is 9.53 Å². The molecule has 0 atom stereocenters. The number of hydrogen-bond donors (Lipinski definition) is 1. The summed E-state index contributed by atoms with van der Waals surface area (Å²) >= 11 is 5.99. The molecule has 0 unspecified atom stereocenters. The molecule has 0 radical (unpaired) electrons. The van der Waals surface area contributed by atoms with E-state index in [2.05, 4.69) is 12.2 Å². The highest BCUT2D eigenvalue weighted by molar-refractivity contribution is 6.32. The molecule has 0 aliphatic carbocycles. The Bertz CT molecular complexity index is 467. The molecule has 2 rings (SSSR count). The molecule has 0 saturated carbocycles. The van der Waals surface area contributed by atoms with Gasteiger partial charge in [-0.2, -0.15) is 0 Å². The lowest BCUT2D eigenvalue weighted by atomic mass is 9.89. The molecule has 1 amide bonds. The second kappa shape index (κ2) is 5.55. The lowest BCUT2D eigenvalue weighted by Gasteiger charge is -2.37. The van der Waals surface area contributed by atoms with Crippen molar-refractivity contribution in [2.75, 3.05) is 19.8 Å². The number of rotatable bonds is 4. The number of amides is 1. The summed E-state index contributed by atoms with van der Waals surface area (Å²) in [5, 5.41) is 3.51. The first-order valence-electron chi connectivity index (χ1n) is 5.87. The van der Waals surface area contributed by atoms with Crippen molar-refractivity contribution in [1.82, 2.24) is 5.32 Å². The van der Waals surface area contributed by atoms with E-state index in [0.29, 0.717) is 24.8 Å².